The second-order valence-corrected chi connectivity index (χ2v) is 8.40. The lowest BCUT2D eigenvalue weighted by atomic mass is 9.88. The predicted octanol–water partition coefficient (Wildman–Crippen LogP) is 3.06. The number of hydrogen-bond acceptors (Lipinski definition) is 3. The van der Waals surface area contributed by atoms with E-state index in [0.29, 0.717) is 6.17 Å². The Morgan fingerprint density at radius 1 is 0.818 bits per heavy atom. The molecule has 0 aromatic carbocycles. The summed E-state index contributed by atoms with van der Waals surface area (Å²) in [6.07, 6.45) is 15.3. The van der Waals surface area contributed by atoms with Crippen molar-refractivity contribution in [3.63, 3.8) is 0 Å². The Hall–Kier alpha value is -0.120. The molecule has 4 aliphatic rings. The molecular formula is C19H35N3. The number of likely N-dealkylation sites (tertiary alicyclic amines) is 2. The molecule has 22 heavy (non-hydrogen) atoms. The summed E-state index contributed by atoms with van der Waals surface area (Å²) in [5.41, 5.74) is 0. The molecule has 1 N–H and O–H groups in total. The summed E-state index contributed by atoms with van der Waals surface area (Å²) in [6, 6.07) is 0.834. The van der Waals surface area contributed by atoms with Gasteiger partial charge in [-0.3, -0.25) is 4.90 Å². The maximum absolute atomic E-state index is 3.88. The maximum Gasteiger partial charge on any atom is 0.0629 e. The van der Waals surface area contributed by atoms with Crippen molar-refractivity contribution in [2.24, 2.45) is 11.8 Å². The van der Waals surface area contributed by atoms with Gasteiger partial charge in [-0.05, 0) is 76.4 Å². The van der Waals surface area contributed by atoms with E-state index in [9.17, 15) is 0 Å². The monoisotopic (exact) mass is 305 g/mol. The molecule has 3 nitrogen and oxygen atoms in total. The Balaban J connectivity index is 1.42. The third kappa shape index (κ3) is 3.37. The molecule has 3 atom stereocenters. The van der Waals surface area contributed by atoms with Gasteiger partial charge >= 0.3 is 0 Å². The first kappa shape index (κ1) is 15.4. The van der Waals surface area contributed by atoms with Gasteiger partial charge in [-0.2, -0.15) is 0 Å². The quantitative estimate of drug-likeness (QED) is 0.861. The minimum atomic E-state index is 0.711. The van der Waals surface area contributed by atoms with Crippen LogP contribution in [0.5, 0.6) is 0 Å². The lowest BCUT2D eigenvalue weighted by Gasteiger charge is -2.38. The van der Waals surface area contributed by atoms with Gasteiger partial charge in [0.1, 0.15) is 0 Å². The van der Waals surface area contributed by atoms with Gasteiger partial charge in [0, 0.05) is 19.1 Å². The second-order valence-electron chi connectivity index (χ2n) is 8.40. The van der Waals surface area contributed by atoms with Crippen LogP contribution in [0.25, 0.3) is 0 Å². The van der Waals surface area contributed by atoms with Crippen molar-refractivity contribution >= 4 is 0 Å². The van der Waals surface area contributed by atoms with Gasteiger partial charge in [0.2, 0.25) is 0 Å². The molecule has 0 aromatic rings. The normalized spacial score (nSPS) is 38.5. The fourth-order valence-electron chi connectivity index (χ4n) is 5.66. The van der Waals surface area contributed by atoms with E-state index in [2.05, 4.69) is 15.1 Å². The highest BCUT2D eigenvalue weighted by Gasteiger charge is 2.43. The Morgan fingerprint density at radius 3 is 2.45 bits per heavy atom. The van der Waals surface area contributed by atoms with E-state index in [1.807, 2.05) is 0 Å². The van der Waals surface area contributed by atoms with Crippen molar-refractivity contribution in [1.82, 2.24) is 15.1 Å². The topological polar surface area (TPSA) is 18.5 Å². The van der Waals surface area contributed by atoms with Gasteiger partial charge in [-0.1, -0.05) is 19.3 Å². The molecular weight excluding hydrogens is 270 g/mol. The molecule has 1 saturated carbocycles. The van der Waals surface area contributed by atoms with Gasteiger partial charge in [0.15, 0.2) is 0 Å². The van der Waals surface area contributed by atoms with E-state index in [-0.39, 0.29) is 0 Å². The average molecular weight is 306 g/mol. The SMILES string of the molecule is C1CCC(CN2C(CN3CCCC3)CC3CCCNC32)CC1. The molecule has 0 bridgehead atoms. The zero-order chi connectivity index (χ0) is 14.8. The molecule has 3 saturated heterocycles. The van der Waals surface area contributed by atoms with Crippen molar-refractivity contribution in [2.75, 3.05) is 32.7 Å². The molecule has 1 aliphatic carbocycles. The van der Waals surface area contributed by atoms with E-state index < -0.39 is 0 Å². The number of fused-ring (bicyclic) bond motifs is 1. The Labute approximate surface area is 136 Å². The minimum absolute atomic E-state index is 0.711. The number of rotatable bonds is 4. The lowest BCUT2D eigenvalue weighted by Crippen LogP contribution is -2.52. The highest BCUT2D eigenvalue weighted by Crippen LogP contribution is 2.37. The Morgan fingerprint density at radius 2 is 1.64 bits per heavy atom. The van der Waals surface area contributed by atoms with Crippen LogP contribution in [0, 0.1) is 11.8 Å². The number of piperidine rings is 1. The first-order chi connectivity index (χ1) is 10.9. The summed E-state index contributed by atoms with van der Waals surface area (Å²) in [5, 5.41) is 3.88. The minimum Gasteiger partial charge on any atom is -0.302 e. The maximum atomic E-state index is 3.88. The molecule has 0 aromatic heterocycles. The van der Waals surface area contributed by atoms with Crippen LogP contribution in [-0.2, 0) is 0 Å². The molecule has 3 heterocycles. The molecule has 4 rings (SSSR count). The average Bonchev–Trinajstić information content (AvgIpc) is 3.18. The van der Waals surface area contributed by atoms with E-state index in [0.717, 1.165) is 17.9 Å². The highest BCUT2D eigenvalue weighted by molar-refractivity contribution is 4.97. The molecule has 3 heteroatoms. The first-order valence-electron chi connectivity index (χ1n) is 10.1. The molecule has 0 spiro atoms. The summed E-state index contributed by atoms with van der Waals surface area (Å²) >= 11 is 0. The van der Waals surface area contributed by atoms with Gasteiger partial charge < -0.3 is 10.2 Å². The summed E-state index contributed by atoms with van der Waals surface area (Å²) in [4.78, 5) is 5.67. The predicted molar refractivity (Wildman–Crippen MR) is 91.9 cm³/mol. The summed E-state index contributed by atoms with van der Waals surface area (Å²) < 4.78 is 0. The van der Waals surface area contributed by atoms with E-state index in [1.165, 1.54) is 96.9 Å². The molecule has 126 valence electrons. The second kappa shape index (κ2) is 7.19. The number of nitrogens with one attached hydrogen (secondary N) is 1. The van der Waals surface area contributed by atoms with E-state index in [1.54, 1.807) is 0 Å². The first-order valence-corrected chi connectivity index (χ1v) is 10.1. The smallest absolute Gasteiger partial charge is 0.0629 e. The van der Waals surface area contributed by atoms with E-state index >= 15 is 0 Å². The summed E-state index contributed by atoms with van der Waals surface area (Å²) in [7, 11) is 0. The fraction of sp³-hybridized carbons (Fsp3) is 1.00. The largest absolute Gasteiger partial charge is 0.302 e. The summed E-state index contributed by atoms with van der Waals surface area (Å²) in [6.45, 7) is 6.69. The third-order valence-electron chi connectivity index (χ3n) is 6.81. The summed E-state index contributed by atoms with van der Waals surface area (Å²) in [5.74, 6) is 1.92. The van der Waals surface area contributed by atoms with Crippen molar-refractivity contribution in [3.8, 4) is 0 Å². The molecule has 4 fully saturated rings. The van der Waals surface area contributed by atoms with Gasteiger partial charge in [-0.25, -0.2) is 0 Å². The molecule has 3 aliphatic heterocycles. The van der Waals surface area contributed by atoms with Gasteiger partial charge in [0.25, 0.3) is 0 Å². The molecule has 0 radical (unpaired) electrons. The van der Waals surface area contributed by atoms with Crippen molar-refractivity contribution in [3.05, 3.63) is 0 Å². The Kier molecular flexibility index (Phi) is 5.04. The fourth-order valence-corrected chi connectivity index (χ4v) is 5.66. The molecule has 0 amide bonds. The van der Waals surface area contributed by atoms with Crippen LogP contribution in [0.4, 0.5) is 0 Å². The lowest BCUT2D eigenvalue weighted by molar-refractivity contribution is 0.0878. The van der Waals surface area contributed by atoms with Gasteiger partial charge in [-0.15, -0.1) is 0 Å². The van der Waals surface area contributed by atoms with E-state index in [4.69, 9.17) is 0 Å². The van der Waals surface area contributed by atoms with Crippen molar-refractivity contribution in [2.45, 2.75) is 76.4 Å². The van der Waals surface area contributed by atoms with Crippen LogP contribution >= 0.6 is 0 Å². The van der Waals surface area contributed by atoms with Crippen LogP contribution in [-0.4, -0.2) is 54.7 Å². The Bertz CT molecular complexity index is 347. The van der Waals surface area contributed by atoms with Crippen molar-refractivity contribution < 1.29 is 0 Å². The zero-order valence-corrected chi connectivity index (χ0v) is 14.3. The van der Waals surface area contributed by atoms with Crippen LogP contribution in [0.3, 0.4) is 0 Å². The third-order valence-corrected chi connectivity index (χ3v) is 6.81. The van der Waals surface area contributed by atoms with Crippen LogP contribution in [0.15, 0.2) is 0 Å². The van der Waals surface area contributed by atoms with Crippen molar-refractivity contribution in [1.29, 1.82) is 0 Å². The van der Waals surface area contributed by atoms with Crippen LogP contribution in [0.2, 0.25) is 0 Å². The number of nitrogens with zero attached hydrogens (tertiary/aromatic N) is 2. The van der Waals surface area contributed by atoms with Crippen LogP contribution < -0.4 is 5.32 Å². The number of hydrogen-bond donors (Lipinski definition) is 1. The van der Waals surface area contributed by atoms with Crippen LogP contribution in [0.1, 0.15) is 64.2 Å². The van der Waals surface area contributed by atoms with Gasteiger partial charge in [0.05, 0.1) is 6.17 Å². The zero-order valence-electron chi connectivity index (χ0n) is 14.3. The highest BCUT2D eigenvalue weighted by atomic mass is 15.3. The molecule has 3 unspecified atom stereocenters. The standard InChI is InChI=1S/C19H35N3/c1-2-7-16(8-3-1)14-22-18(15-21-11-4-5-12-21)13-17-9-6-10-20-19(17)22/h16-20H,1-15H2.